The van der Waals surface area contributed by atoms with Gasteiger partial charge in [-0.1, -0.05) is 78.9 Å². The molecule has 5 heteroatoms. The van der Waals surface area contributed by atoms with Crippen molar-refractivity contribution in [2.45, 2.75) is 0 Å². The monoisotopic (exact) mass is 575 g/mol. The first-order chi connectivity index (χ1) is 22.2. The minimum Gasteiger partial charge on any atom is -0.309 e. The topological polar surface area (TPSA) is 67.4 Å². The molecule has 0 aliphatic rings. The number of nitriles is 1. The van der Waals surface area contributed by atoms with Gasteiger partial charge in [0.25, 0.3) is 0 Å². The number of para-hydroxylation sites is 2. The van der Waals surface area contributed by atoms with Crippen molar-refractivity contribution in [2.75, 3.05) is 0 Å². The molecule has 0 aliphatic carbocycles. The molecular weight excluding hydrogens is 550 g/mol. The van der Waals surface area contributed by atoms with Gasteiger partial charge in [-0.2, -0.15) is 5.26 Å². The lowest BCUT2D eigenvalue weighted by Crippen LogP contribution is -1.97. The van der Waals surface area contributed by atoms with Crippen molar-refractivity contribution in [3.63, 3.8) is 0 Å². The molecule has 0 N–H and O–H groups in total. The van der Waals surface area contributed by atoms with Crippen molar-refractivity contribution in [1.82, 2.24) is 19.5 Å². The minimum absolute atomic E-state index is 0.599. The van der Waals surface area contributed by atoms with E-state index in [0.29, 0.717) is 11.4 Å². The lowest BCUT2D eigenvalue weighted by molar-refractivity contribution is 1.17. The van der Waals surface area contributed by atoms with Crippen LogP contribution in [0.3, 0.4) is 0 Å². The molecule has 0 bridgehead atoms. The molecule has 0 spiro atoms. The van der Waals surface area contributed by atoms with Crippen LogP contribution < -0.4 is 0 Å². The van der Waals surface area contributed by atoms with Crippen molar-refractivity contribution >= 4 is 21.8 Å². The van der Waals surface area contributed by atoms with Gasteiger partial charge in [-0.25, -0.2) is 9.97 Å². The van der Waals surface area contributed by atoms with Crippen LogP contribution in [0.15, 0.2) is 152 Å². The van der Waals surface area contributed by atoms with Crippen LogP contribution in [0.25, 0.3) is 72.5 Å². The first-order valence-corrected chi connectivity index (χ1v) is 14.7. The van der Waals surface area contributed by atoms with E-state index in [1.807, 2.05) is 30.5 Å². The quantitative estimate of drug-likeness (QED) is 0.205. The Bertz CT molecular complexity index is 2290. The predicted octanol–water partition coefficient (Wildman–Crippen LogP) is 9.51. The molecule has 210 valence electrons. The van der Waals surface area contributed by atoms with Crippen LogP contribution in [0.1, 0.15) is 5.56 Å². The molecular formula is C40H25N5. The molecule has 0 radical (unpaired) electrons. The number of rotatable bonds is 5. The number of nitrogens with zero attached hydrogens (tertiary/aromatic N) is 5. The second-order valence-electron chi connectivity index (χ2n) is 10.9. The van der Waals surface area contributed by atoms with Gasteiger partial charge < -0.3 is 4.57 Å². The van der Waals surface area contributed by atoms with Crippen LogP contribution in [0, 0.1) is 11.3 Å². The van der Waals surface area contributed by atoms with E-state index in [-0.39, 0.29) is 0 Å². The highest BCUT2D eigenvalue weighted by molar-refractivity contribution is 6.09. The van der Waals surface area contributed by atoms with Gasteiger partial charge in [-0.3, -0.25) is 4.98 Å². The predicted molar refractivity (Wildman–Crippen MR) is 181 cm³/mol. The Morgan fingerprint density at radius 2 is 1.07 bits per heavy atom. The molecule has 0 fully saturated rings. The minimum atomic E-state index is 0.599. The van der Waals surface area contributed by atoms with Crippen LogP contribution >= 0.6 is 0 Å². The molecule has 45 heavy (non-hydrogen) atoms. The Balaban J connectivity index is 1.23. The van der Waals surface area contributed by atoms with Crippen molar-refractivity contribution in [3.05, 3.63) is 157 Å². The van der Waals surface area contributed by atoms with Gasteiger partial charge in [0.2, 0.25) is 0 Å². The van der Waals surface area contributed by atoms with Gasteiger partial charge in [0.15, 0.2) is 5.82 Å². The maximum absolute atomic E-state index is 9.31. The van der Waals surface area contributed by atoms with Crippen LogP contribution in [-0.4, -0.2) is 19.5 Å². The van der Waals surface area contributed by atoms with E-state index >= 15 is 0 Å². The lowest BCUT2D eigenvalue weighted by atomic mass is 10.0. The summed E-state index contributed by atoms with van der Waals surface area (Å²) in [6.45, 7) is 0. The molecule has 0 saturated heterocycles. The summed E-state index contributed by atoms with van der Waals surface area (Å²) in [5.74, 6) is 0.606. The number of hydrogen-bond donors (Lipinski definition) is 0. The second kappa shape index (κ2) is 11.0. The first kappa shape index (κ1) is 26.3. The molecule has 0 unspecified atom stereocenters. The smallest absolute Gasteiger partial charge is 0.160 e. The van der Waals surface area contributed by atoms with Crippen LogP contribution in [0.4, 0.5) is 0 Å². The van der Waals surface area contributed by atoms with E-state index in [9.17, 15) is 5.26 Å². The molecule has 5 nitrogen and oxygen atoms in total. The summed E-state index contributed by atoms with van der Waals surface area (Å²) in [5, 5.41) is 11.8. The molecule has 8 aromatic rings. The Hall–Kier alpha value is -6.38. The standard InChI is InChI=1S/C40H25N5/c41-25-27-11-13-31(14-12-27)40-43-36(29-17-15-28(16-18-29)32-6-5-23-42-26-32)24-37(44-40)30-19-21-33(22-20-30)45-38-9-3-1-7-34(38)35-8-2-4-10-39(35)45/h1-24,26H. The largest absolute Gasteiger partial charge is 0.309 e. The number of benzene rings is 5. The van der Waals surface area contributed by atoms with Gasteiger partial charge in [0.05, 0.1) is 34.1 Å². The number of aromatic nitrogens is 4. The van der Waals surface area contributed by atoms with Crippen molar-refractivity contribution in [1.29, 1.82) is 5.26 Å². The van der Waals surface area contributed by atoms with E-state index in [2.05, 4.69) is 119 Å². The highest BCUT2D eigenvalue weighted by atomic mass is 15.0. The normalized spacial score (nSPS) is 11.1. The van der Waals surface area contributed by atoms with E-state index in [4.69, 9.17) is 9.97 Å². The Labute approximate surface area is 260 Å². The highest BCUT2D eigenvalue weighted by Gasteiger charge is 2.14. The molecule has 3 heterocycles. The van der Waals surface area contributed by atoms with E-state index in [1.165, 1.54) is 21.8 Å². The number of hydrogen-bond acceptors (Lipinski definition) is 4. The summed E-state index contributed by atoms with van der Waals surface area (Å²) in [4.78, 5) is 14.2. The number of fused-ring (bicyclic) bond motifs is 3. The SMILES string of the molecule is N#Cc1ccc(-c2nc(-c3ccc(-c4cccnc4)cc3)cc(-c3ccc(-n4c5ccccc5c5ccccc54)cc3)n2)cc1. The third kappa shape index (κ3) is 4.81. The zero-order chi connectivity index (χ0) is 30.2. The summed E-state index contributed by atoms with van der Waals surface area (Å²) in [5.41, 5.74) is 10.7. The average molecular weight is 576 g/mol. The van der Waals surface area contributed by atoms with Crippen molar-refractivity contribution in [3.8, 4) is 56.8 Å². The molecule has 0 saturated carbocycles. The molecule has 0 amide bonds. The van der Waals surface area contributed by atoms with Gasteiger partial charge >= 0.3 is 0 Å². The molecule has 0 atom stereocenters. The second-order valence-corrected chi connectivity index (χ2v) is 10.9. The summed E-state index contributed by atoms with van der Waals surface area (Å²) in [6, 6.07) is 49.6. The van der Waals surface area contributed by atoms with E-state index in [0.717, 1.165) is 44.9 Å². The van der Waals surface area contributed by atoms with Crippen LogP contribution in [-0.2, 0) is 0 Å². The average Bonchev–Trinajstić information content (AvgIpc) is 3.46. The third-order valence-corrected chi connectivity index (χ3v) is 8.18. The lowest BCUT2D eigenvalue weighted by Gasteiger charge is -2.12. The first-order valence-electron chi connectivity index (χ1n) is 14.7. The van der Waals surface area contributed by atoms with Gasteiger partial charge in [-0.05, 0) is 71.8 Å². The zero-order valence-corrected chi connectivity index (χ0v) is 24.2. The van der Waals surface area contributed by atoms with Gasteiger partial charge in [0, 0.05) is 45.5 Å². The molecule has 5 aromatic carbocycles. The summed E-state index contributed by atoms with van der Waals surface area (Å²) in [7, 11) is 0. The molecule has 8 rings (SSSR count). The fraction of sp³-hybridized carbons (Fsp3) is 0. The highest BCUT2D eigenvalue weighted by Crippen LogP contribution is 2.33. The summed E-state index contributed by atoms with van der Waals surface area (Å²) >= 11 is 0. The number of pyridine rings is 1. The van der Waals surface area contributed by atoms with Gasteiger partial charge in [0.1, 0.15) is 0 Å². The zero-order valence-electron chi connectivity index (χ0n) is 24.2. The van der Waals surface area contributed by atoms with E-state index < -0.39 is 0 Å². The Kier molecular flexibility index (Phi) is 6.44. The van der Waals surface area contributed by atoms with Crippen molar-refractivity contribution < 1.29 is 0 Å². The Morgan fingerprint density at radius 3 is 1.64 bits per heavy atom. The Morgan fingerprint density at radius 1 is 0.511 bits per heavy atom. The van der Waals surface area contributed by atoms with Crippen LogP contribution in [0.5, 0.6) is 0 Å². The third-order valence-electron chi connectivity index (χ3n) is 8.18. The van der Waals surface area contributed by atoms with E-state index in [1.54, 1.807) is 18.3 Å². The molecule has 0 aliphatic heterocycles. The van der Waals surface area contributed by atoms with Crippen LogP contribution in [0.2, 0.25) is 0 Å². The summed E-state index contributed by atoms with van der Waals surface area (Å²) < 4.78 is 2.31. The summed E-state index contributed by atoms with van der Waals surface area (Å²) in [6.07, 6.45) is 3.64. The maximum atomic E-state index is 9.31. The maximum Gasteiger partial charge on any atom is 0.160 e. The van der Waals surface area contributed by atoms with Crippen molar-refractivity contribution in [2.24, 2.45) is 0 Å². The fourth-order valence-corrected chi connectivity index (χ4v) is 5.91. The molecule has 3 aromatic heterocycles. The fourth-order valence-electron chi connectivity index (χ4n) is 5.91. The van der Waals surface area contributed by atoms with Gasteiger partial charge in [-0.15, -0.1) is 0 Å².